The molecule has 7 heteroatoms. The Morgan fingerprint density at radius 1 is 1.30 bits per heavy atom. The summed E-state index contributed by atoms with van der Waals surface area (Å²) in [6, 6.07) is 8.27. The molecule has 0 aliphatic heterocycles. The Labute approximate surface area is 126 Å². The molecular formula is C13H13BrN2O3S. The molecule has 1 aromatic carbocycles. The van der Waals surface area contributed by atoms with Crippen LogP contribution in [-0.2, 0) is 10.0 Å². The van der Waals surface area contributed by atoms with E-state index in [1.54, 1.807) is 24.3 Å². The fourth-order valence-corrected chi connectivity index (χ4v) is 3.12. The molecule has 0 fully saturated rings. The average molecular weight is 357 g/mol. The van der Waals surface area contributed by atoms with Crippen LogP contribution in [0.3, 0.4) is 0 Å². The number of halogens is 1. The SMILES string of the molecule is CCOc1cccc(NS(=O)(=O)c2cncc(Br)c2)c1. The maximum atomic E-state index is 12.2. The van der Waals surface area contributed by atoms with E-state index in [9.17, 15) is 8.42 Å². The van der Waals surface area contributed by atoms with E-state index in [1.165, 1.54) is 18.5 Å². The Morgan fingerprint density at radius 3 is 2.80 bits per heavy atom. The van der Waals surface area contributed by atoms with E-state index in [2.05, 4.69) is 25.6 Å². The molecule has 5 nitrogen and oxygen atoms in total. The van der Waals surface area contributed by atoms with Crippen molar-refractivity contribution in [3.05, 3.63) is 47.2 Å². The Bertz CT molecular complexity index is 704. The van der Waals surface area contributed by atoms with E-state index >= 15 is 0 Å². The van der Waals surface area contributed by atoms with Crippen molar-refractivity contribution in [1.82, 2.24) is 4.98 Å². The number of benzene rings is 1. The number of hydrogen-bond donors (Lipinski definition) is 1. The lowest BCUT2D eigenvalue weighted by molar-refractivity contribution is 0.340. The third kappa shape index (κ3) is 3.71. The number of pyridine rings is 1. The van der Waals surface area contributed by atoms with Gasteiger partial charge in [-0.25, -0.2) is 8.42 Å². The van der Waals surface area contributed by atoms with Gasteiger partial charge >= 0.3 is 0 Å². The van der Waals surface area contributed by atoms with Crippen LogP contribution in [0.15, 0.2) is 52.1 Å². The van der Waals surface area contributed by atoms with Crippen molar-refractivity contribution in [2.45, 2.75) is 11.8 Å². The fourth-order valence-electron chi connectivity index (χ4n) is 1.57. The number of nitrogens with zero attached hydrogens (tertiary/aromatic N) is 1. The summed E-state index contributed by atoms with van der Waals surface area (Å²) in [5.74, 6) is 0.611. The van der Waals surface area contributed by atoms with E-state index in [1.807, 2.05) is 6.92 Å². The van der Waals surface area contributed by atoms with Gasteiger partial charge in [-0.05, 0) is 41.1 Å². The van der Waals surface area contributed by atoms with Crippen LogP contribution in [0.1, 0.15) is 6.92 Å². The Balaban J connectivity index is 2.26. The lowest BCUT2D eigenvalue weighted by atomic mass is 10.3. The second-order valence-electron chi connectivity index (χ2n) is 3.91. The van der Waals surface area contributed by atoms with E-state index in [0.717, 1.165) is 0 Å². The maximum absolute atomic E-state index is 12.2. The number of hydrogen-bond acceptors (Lipinski definition) is 4. The van der Waals surface area contributed by atoms with Crippen LogP contribution < -0.4 is 9.46 Å². The first-order chi connectivity index (χ1) is 9.51. The predicted molar refractivity (Wildman–Crippen MR) is 80.4 cm³/mol. The molecule has 0 bridgehead atoms. The highest BCUT2D eigenvalue weighted by Crippen LogP contribution is 2.21. The van der Waals surface area contributed by atoms with Crippen molar-refractivity contribution >= 4 is 31.6 Å². The van der Waals surface area contributed by atoms with Crippen molar-refractivity contribution in [2.75, 3.05) is 11.3 Å². The first-order valence-electron chi connectivity index (χ1n) is 5.87. The van der Waals surface area contributed by atoms with Crippen LogP contribution in [0.4, 0.5) is 5.69 Å². The van der Waals surface area contributed by atoms with Gasteiger partial charge in [0, 0.05) is 22.9 Å². The predicted octanol–water partition coefficient (Wildman–Crippen LogP) is 3.04. The summed E-state index contributed by atoms with van der Waals surface area (Å²) in [4.78, 5) is 3.94. The van der Waals surface area contributed by atoms with E-state index in [0.29, 0.717) is 22.5 Å². The number of rotatable bonds is 5. The zero-order valence-corrected chi connectivity index (χ0v) is 13.1. The number of ether oxygens (including phenoxy) is 1. The molecule has 2 aromatic rings. The lowest BCUT2D eigenvalue weighted by Crippen LogP contribution is -2.13. The molecule has 0 unspecified atom stereocenters. The largest absolute Gasteiger partial charge is 0.494 e. The second kappa shape index (κ2) is 6.23. The van der Waals surface area contributed by atoms with Crippen molar-refractivity contribution < 1.29 is 13.2 Å². The quantitative estimate of drug-likeness (QED) is 0.893. The summed E-state index contributed by atoms with van der Waals surface area (Å²) in [5.41, 5.74) is 0.441. The Kier molecular flexibility index (Phi) is 4.61. The van der Waals surface area contributed by atoms with E-state index in [4.69, 9.17) is 4.74 Å². The average Bonchev–Trinajstić information content (AvgIpc) is 2.39. The van der Waals surface area contributed by atoms with Gasteiger partial charge in [0.25, 0.3) is 10.0 Å². The minimum absolute atomic E-state index is 0.0914. The van der Waals surface area contributed by atoms with Gasteiger partial charge in [-0.15, -0.1) is 0 Å². The third-order valence-corrected chi connectivity index (χ3v) is 4.17. The summed E-state index contributed by atoms with van der Waals surface area (Å²) >= 11 is 3.20. The molecule has 1 heterocycles. The van der Waals surface area contributed by atoms with Crippen LogP contribution in [0.2, 0.25) is 0 Å². The molecule has 0 radical (unpaired) electrons. The summed E-state index contributed by atoms with van der Waals surface area (Å²) in [6.07, 6.45) is 2.81. The van der Waals surface area contributed by atoms with Crippen molar-refractivity contribution in [3.8, 4) is 5.75 Å². The van der Waals surface area contributed by atoms with Gasteiger partial charge < -0.3 is 4.74 Å². The van der Waals surface area contributed by atoms with Crippen LogP contribution in [0.25, 0.3) is 0 Å². The molecule has 1 aromatic heterocycles. The first-order valence-corrected chi connectivity index (χ1v) is 8.15. The van der Waals surface area contributed by atoms with Crippen LogP contribution in [0, 0.1) is 0 Å². The molecule has 1 N–H and O–H groups in total. The first kappa shape index (κ1) is 14.8. The zero-order valence-electron chi connectivity index (χ0n) is 10.7. The van der Waals surface area contributed by atoms with Crippen LogP contribution in [0.5, 0.6) is 5.75 Å². The molecule has 2 rings (SSSR count). The normalized spacial score (nSPS) is 11.1. The molecule has 0 amide bonds. The monoisotopic (exact) mass is 356 g/mol. The highest BCUT2D eigenvalue weighted by atomic mass is 79.9. The van der Waals surface area contributed by atoms with Gasteiger partial charge in [-0.1, -0.05) is 6.07 Å². The molecular weight excluding hydrogens is 344 g/mol. The molecule has 0 aliphatic rings. The lowest BCUT2D eigenvalue weighted by Gasteiger charge is -2.09. The van der Waals surface area contributed by atoms with E-state index in [-0.39, 0.29) is 4.90 Å². The van der Waals surface area contributed by atoms with E-state index < -0.39 is 10.0 Å². The van der Waals surface area contributed by atoms with Crippen molar-refractivity contribution in [3.63, 3.8) is 0 Å². The van der Waals surface area contributed by atoms with Gasteiger partial charge in [0.2, 0.25) is 0 Å². The summed E-state index contributed by atoms with van der Waals surface area (Å²) in [7, 11) is -3.67. The van der Waals surface area contributed by atoms with Crippen LogP contribution in [-0.4, -0.2) is 20.0 Å². The minimum Gasteiger partial charge on any atom is -0.494 e. The fraction of sp³-hybridized carbons (Fsp3) is 0.154. The van der Waals surface area contributed by atoms with Gasteiger partial charge in [-0.3, -0.25) is 9.71 Å². The molecule has 0 saturated heterocycles. The number of anilines is 1. The smallest absolute Gasteiger partial charge is 0.263 e. The van der Waals surface area contributed by atoms with Crippen molar-refractivity contribution in [2.24, 2.45) is 0 Å². The molecule has 0 atom stereocenters. The molecule has 106 valence electrons. The third-order valence-electron chi connectivity index (χ3n) is 2.39. The molecule has 0 spiro atoms. The van der Waals surface area contributed by atoms with Gasteiger partial charge in [0.15, 0.2) is 0 Å². The topological polar surface area (TPSA) is 68.3 Å². The Hall–Kier alpha value is -1.60. The van der Waals surface area contributed by atoms with Crippen LogP contribution >= 0.6 is 15.9 Å². The number of sulfonamides is 1. The van der Waals surface area contributed by atoms with Gasteiger partial charge in [-0.2, -0.15) is 0 Å². The second-order valence-corrected chi connectivity index (χ2v) is 6.50. The standard InChI is InChI=1S/C13H13BrN2O3S/c1-2-19-12-5-3-4-11(7-12)16-20(17,18)13-6-10(14)8-15-9-13/h3-9,16H,2H2,1H3. The van der Waals surface area contributed by atoms with Crippen molar-refractivity contribution in [1.29, 1.82) is 0 Å². The zero-order chi connectivity index (χ0) is 14.6. The summed E-state index contributed by atoms with van der Waals surface area (Å²) in [6.45, 7) is 2.38. The summed E-state index contributed by atoms with van der Waals surface area (Å²) < 4.78 is 32.8. The molecule has 0 saturated carbocycles. The molecule has 20 heavy (non-hydrogen) atoms. The highest BCUT2D eigenvalue weighted by Gasteiger charge is 2.15. The minimum atomic E-state index is -3.67. The summed E-state index contributed by atoms with van der Waals surface area (Å²) in [5, 5.41) is 0. The van der Waals surface area contributed by atoms with Gasteiger partial charge in [0.1, 0.15) is 10.6 Å². The Morgan fingerprint density at radius 2 is 2.10 bits per heavy atom. The maximum Gasteiger partial charge on any atom is 0.263 e. The highest BCUT2D eigenvalue weighted by molar-refractivity contribution is 9.10. The number of aromatic nitrogens is 1. The van der Waals surface area contributed by atoms with Gasteiger partial charge in [0.05, 0.1) is 12.3 Å². The molecule has 0 aliphatic carbocycles. The number of nitrogens with one attached hydrogen (secondary N) is 1.